The van der Waals surface area contributed by atoms with E-state index in [0.717, 1.165) is 18.7 Å². The normalized spacial score (nSPS) is 24.6. The van der Waals surface area contributed by atoms with Crippen LogP contribution in [0.5, 0.6) is 0 Å². The molecule has 1 aliphatic rings. The van der Waals surface area contributed by atoms with Crippen LogP contribution in [0.15, 0.2) is 16.8 Å². The molecule has 0 spiro atoms. The molecular formula is C8H13NO. The second-order valence-electron chi connectivity index (χ2n) is 2.57. The molecule has 0 N–H and O–H groups in total. The zero-order valence-corrected chi connectivity index (χ0v) is 6.50. The molecular weight excluding hydrogens is 126 g/mol. The average Bonchev–Trinajstić information content (AvgIpc) is 1.95. The van der Waals surface area contributed by atoms with Crippen LogP contribution in [0.25, 0.3) is 0 Å². The van der Waals surface area contributed by atoms with Crippen LogP contribution in [0.4, 0.5) is 0 Å². The molecule has 1 unspecified atom stereocenters. The summed E-state index contributed by atoms with van der Waals surface area (Å²) in [5, 5.41) is 0. The van der Waals surface area contributed by atoms with Gasteiger partial charge in [0.05, 0.1) is 6.61 Å². The van der Waals surface area contributed by atoms with Crippen LogP contribution in [-0.2, 0) is 4.74 Å². The first-order valence-electron chi connectivity index (χ1n) is 3.53. The third kappa shape index (κ3) is 1.95. The molecule has 1 aliphatic heterocycles. The molecule has 10 heavy (non-hydrogen) atoms. The number of allylic oxidation sites excluding steroid dienone is 2. The number of aliphatic imine (C=N–C) groups is 1. The van der Waals surface area contributed by atoms with Crippen LogP contribution in [-0.4, -0.2) is 19.9 Å². The van der Waals surface area contributed by atoms with Gasteiger partial charge in [0.1, 0.15) is 0 Å². The van der Waals surface area contributed by atoms with Crippen molar-refractivity contribution in [3.63, 3.8) is 0 Å². The van der Waals surface area contributed by atoms with Gasteiger partial charge >= 0.3 is 0 Å². The van der Waals surface area contributed by atoms with E-state index in [-0.39, 0.29) is 0 Å². The molecule has 0 aliphatic carbocycles. The van der Waals surface area contributed by atoms with E-state index >= 15 is 0 Å². The minimum Gasteiger partial charge on any atom is -0.384 e. The minimum absolute atomic E-state index is 0.494. The van der Waals surface area contributed by atoms with E-state index in [1.807, 2.05) is 13.1 Å². The van der Waals surface area contributed by atoms with Gasteiger partial charge in [-0.1, -0.05) is 6.08 Å². The van der Waals surface area contributed by atoms with Crippen LogP contribution < -0.4 is 0 Å². The predicted octanol–water partition coefficient (Wildman–Crippen LogP) is 1.63. The number of hydrogen-bond donors (Lipinski definition) is 0. The molecule has 1 atom stereocenters. The summed E-state index contributed by atoms with van der Waals surface area (Å²) in [6, 6.07) is 0. The van der Waals surface area contributed by atoms with E-state index in [1.165, 1.54) is 0 Å². The fourth-order valence-corrected chi connectivity index (χ4v) is 0.984. The third-order valence-corrected chi connectivity index (χ3v) is 1.59. The highest BCUT2D eigenvalue weighted by molar-refractivity contribution is 5.64. The Kier molecular flexibility index (Phi) is 2.63. The van der Waals surface area contributed by atoms with Crippen molar-refractivity contribution in [2.24, 2.45) is 10.9 Å². The lowest BCUT2D eigenvalue weighted by Crippen LogP contribution is -2.11. The fourth-order valence-electron chi connectivity index (χ4n) is 0.984. The second kappa shape index (κ2) is 3.52. The average molecular weight is 139 g/mol. The molecule has 0 aromatic carbocycles. The number of hydrogen-bond acceptors (Lipinski definition) is 2. The molecule has 1 rings (SSSR count). The van der Waals surface area contributed by atoms with Gasteiger partial charge in [0.25, 0.3) is 0 Å². The molecule has 0 amide bonds. The summed E-state index contributed by atoms with van der Waals surface area (Å²) in [5.74, 6) is 0.494. The predicted molar refractivity (Wildman–Crippen MR) is 42.2 cm³/mol. The second-order valence-corrected chi connectivity index (χ2v) is 2.57. The molecule has 2 heteroatoms. The van der Waals surface area contributed by atoms with Gasteiger partial charge in [0.2, 0.25) is 0 Å². The largest absolute Gasteiger partial charge is 0.384 e. The van der Waals surface area contributed by atoms with Gasteiger partial charge in [-0.3, -0.25) is 4.99 Å². The number of nitrogens with zero attached hydrogens (tertiary/aromatic N) is 1. The molecule has 1 heterocycles. The summed E-state index contributed by atoms with van der Waals surface area (Å²) in [6.45, 7) is 2.80. The quantitative estimate of drug-likeness (QED) is 0.569. The van der Waals surface area contributed by atoms with Gasteiger partial charge in [-0.05, 0) is 13.3 Å². The lowest BCUT2D eigenvalue weighted by Gasteiger charge is -2.11. The zero-order chi connectivity index (χ0) is 7.40. The lowest BCUT2D eigenvalue weighted by atomic mass is 10.1. The van der Waals surface area contributed by atoms with Gasteiger partial charge in [0, 0.05) is 24.9 Å². The highest BCUT2D eigenvalue weighted by Crippen LogP contribution is 2.11. The highest BCUT2D eigenvalue weighted by atomic mass is 16.5. The summed E-state index contributed by atoms with van der Waals surface area (Å²) < 4.78 is 5.00. The van der Waals surface area contributed by atoms with Crippen molar-refractivity contribution in [2.45, 2.75) is 13.3 Å². The zero-order valence-electron chi connectivity index (χ0n) is 6.50. The molecule has 0 radical (unpaired) electrons. The molecule has 0 saturated carbocycles. The Morgan fingerprint density at radius 3 is 3.10 bits per heavy atom. The molecule has 2 nitrogen and oxygen atoms in total. The molecule has 0 bridgehead atoms. The van der Waals surface area contributed by atoms with Crippen molar-refractivity contribution in [1.29, 1.82) is 0 Å². The summed E-state index contributed by atoms with van der Waals surface area (Å²) in [4.78, 5) is 4.19. The number of rotatable bonds is 2. The number of ether oxygens (including phenoxy) is 1. The molecule has 0 fully saturated rings. The first-order valence-corrected chi connectivity index (χ1v) is 3.53. The Bertz CT molecular complexity index is 161. The van der Waals surface area contributed by atoms with Gasteiger partial charge < -0.3 is 4.74 Å². The first-order chi connectivity index (χ1) is 4.83. The smallest absolute Gasteiger partial charge is 0.0543 e. The maximum Gasteiger partial charge on any atom is 0.0543 e. The lowest BCUT2D eigenvalue weighted by molar-refractivity contribution is 0.177. The van der Waals surface area contributed by atoms with Crippen LogP contribution in [0.1, 0.15) is 13.3 Å². The van der Waals surface area contributed by atoms with Crippen molar-refractivity contribution in [3.8, 4) is 0 Å². The van der Waals surface area contributed by atoms with Crippen molar-refractivity contribution < 1.29 is 4.74 Å². The van der Waals surface area contributed by atoms with Crippen molar-refractivity contribution in [1.82, 2.24) is 0 Å². The van der Waals surface area contributed by atoms with E-state index in [9.17, 15) is 0 Å². The van der Waals surface area contributed by atoms with Crippen LogP contribution in [0.2, 0.25) is 0 Å². The maximum atomic E-state index is 5.00. The Morgan fingerprint density at radius 1 is 1.80 bits per heavy atom. The maximum absolute atomic E-state index is 5.00. The molecule has 0 aromatic heterocycles. The Hall–Kier alpha value is -0.630. The minimum atomic E-state index is 0.494. The Balaban J connectivity index is 2.37. The van der Waals surface area contributed by atoms with Crippen molar-refractivity contribution >= 4 is 6.21 Å². The van der Waals surface area contributed by atoms with Crippen molar-refractivity contribution in [2.75, 3.05) is 13.7 Å². The number of methoxy groups -OCH3 is 1. The van der Waals surface area contributed by atoms with E-state index in [2.05, 4.69) is 11.1 Å². The van der Waals surface area contributed by atoms with E-state index < -0.39 is 0 Å². The Labute approximate surface area is 61.6 Å². The SMILES string of the molecule is COCC1C=NC(C)=CC1. The summed E-state index contributed by atoms with van der Waals surface area (Å²) in [5.41, 5.74) is 1.12. The summed E-state index contributed by atoms with van der Waals surface area (Å²) >= 11 is 0. The Morgan fingerprint density at radius 2 is 2.60 bits per heavy atom. The fraction of sp³-hybridized carbons (Fsp3) is 0.625. The molecule has 56 valence electrons. The topological polar surface area (TPSA) is 21.6 Å². The summed E-state index contributed by atoms with van der Waals surface area (Å²) in [6.07, 6.45) is 5.19. The van der Waals surface area contributed by atoms with E-state index in [0.29, 0.717) is 5.92 Å². The van der Waals surface area contributed by atoms with Crippen LogP contribution in [0, 0.1) is 5.92 Å². The summed E-state index contributed by atoms with van der Waals surface area (Å²) in [7, 11) is 1.72. The standard InChI is InChI=1S/C8H13NO/c1-7-3-4-8(5-9-7)6-10-2/h3,5,8H,4,6H2,1-2H3. The van der Waals surface area contributed by atoms with Gasteiger partial charge in [0.15, 0.2) is 0 Å². The van der Waals surface area contributed by atoms with Crippen molar-refractivity contribution in [3.05, 3.63) is 11.8 Å². The van der Waals surface area contributed by atoms with Gasteiger partial charge in [-0.15, -0.1) is 0 Å². The van der Waals surface area contributed by atoms with Crippen LogP contribution >= 0.6 is 0 Å². The van der Waals surface area contributed by atoms with E-state index in [1.54, 1.807) is 7.11 Å². The highest BCUT2D eigenvalue weighted by Gasteiger charge is 2.06. The third-order valence-electron chi connectivity index (χ3n) is 1.59. The van der Waals surface area contributed by atoms with Gasteiger partial charge in [-0.25, -0.2) is 0 Å². The first kappa shape index (κ1) is 7.48. The monoisotopic (exact) mass is 139 g/mol. The van der Waals surface area contributed by atoms with E-state index in [4.69, 9.17) is 4.74 Å². The molecule has 0 aromatic rings. The van der Waals surface area contributed by atoms with Crippen LogP contribution in [0.3, 0.4) is 0 Å². The molecule has 0 saturated heterocycles. The van der Waals surface area contributed by atoms with Gasteiger partial charge in [-0.2, -0.15) is 0 Å².